The maximum Gasteiger partial charge on any atom is 0.128 e. The van der Waals surface area contributed by atoms with Gasteiger partial charge in [-0.15, -0.1) is 0 Å². The van der Waals surface area contributed by atoms with Crippen molar-refractivity contribution in [2.45, 2.75) is 10.7 Å². The molecule has 19 heavy (non-hydrogen) atoms. The van der Waals surface area contributed by atoms with Crippen LogP contribution in [0.2, 0.25) is 0 Å². The van der Waals surface area contributed by atoms with Gasteiger partial charge in [-0.25, -0.2) is 0 Å². The van der Waals surface area contributed by atoms with E-state index >= 15 is 0 Å². The number of hydrogen-bond donors (Lipinski definition) is 0. The normalized spacial score (nSPS) is 10.3. The van der Waals surface area contributed by atoms with Crippen molar-refractivity contribution in [1.29, 1.82) is 5.26 Å². The van der Waals surface area contributed by atoms with Crippen LogP contribution in [0.15, 0.2) is 42.5 Å². The first-order valence-corrected chi connectivity index (χ1v) is 7.50. The van der Waals surface area contributed by atoms with Gasteiger partial charge in [0.05, 0.1) is 15.4 Å². The summed E-state index contributed by atoms with van der Waals surface area (Å²) in [5, 5.41) is 9.15. The van der Waals surface area contributed by atoms with Gasteiger partial charge in [0.15, 0.2) is 0 Å². The van der Waals surface area contributed by atoms with E-state index in [4.69, 9.17) is 10.00 Å². The van der Waals surface area contributed by atoms with Crippen LogP contribution in [0, 0.1) is 18.3 Å². The standard InChI is InChI=1S/C15H11Br2NO/c1-10-3-2-4-12(7-10)19-13-5-6-14(15(16)17)11(8-13)9-18/h2-8,15H,1H3. The van der Waals surface area contributed by atoms with Crippen molar-refractivity contribution in [3.8, 4) is 17.6 Å². The molecule has 0 unspecified atom stereocenters. The number of aryl methyl sites for hydroxylation is 1. The second kappa shape index (κ2) is 6.23. The Morgan fingerprint density at radius 2 is 1.84 bits per heavy atom. The molecule has 2 aromatic carbocycles. The van der Waals surface area contributed by atoms with Crippen LogP contribution in [0.5, 0.6) is 11.5 Å². The predicted octanol–water partition coefficient (Wildman–Crippen LogP) is 5.45. The predicted molar refractivity (Wildman–Crippen MR) is 83.0 cm³/mol. The van der Waals surface area contributed by atoms with E-state index in [0.29, 0.717) is 11.3 Å². The molecule has 0 saturated heterocycles. The lowest BCUT2D eigenvalue weighted by atomic mass is 10.1. The van der Waals surface area contributed by atoms with Gasteiger partial charge in [-0.3, -0.25) is 0 Å². The Kier molecular flexibility index (Phi) is 4.62. The topological polar surface area (TPSA) is 33.0 Å². The highest BCUT2D eigenvalue weighted by Crippen LogP contribution is 2.34. The minimum absolute atomic E-state index is 0.0392. The molecule has 2 rings (SSSR count). The highest BCUT2D eigenvalue weighted by Gasteiger charge is 2.10. The third-order valence-corrected chi connectivity index (χ3v) is 3.59. The Balaban J connectivity index is 2.30. The molecule has 4 heteroatoms. The minimum atomic E-state index is -0.0392. The van der Waals surface area contributed by atoms with Gasteiger partial charge in [-0.1, -0.05) is 50.1 Å². The molecule has 0 atom stereocenters. The van der Waals surface area contributed by atoms with Gasteiger partial charge in [0.2, 0.25) is 0 Å². The third-order valence-electron chi connectivity index (χ3n) is 2.61. The summed E-state index contributed by atoms with van der Waals surface area (Å²) in [4.78, 5) is 0. The first kappa shape index (κ1) is 14.1. The Morgan fingerprint density at radius 1 is 1.11 bits per heavy atom. The number of ether oxygens (including phenoxy) is 1. The van der Waals surface area contributed by atoms with E-state index in [0.717, 1.165) is 16.9 Å². The molecule has 0 aliphatic carbocycles. The number of nitrogens with zero attached hydrogens (tertiary/aromatic N) is 1. The molecule has 0 heterocycles. The van der Waals surface area contributed by atoms with Gasteiger partial charge in [0, 0.05) is 0 Å². The summed E-state index contributed by atoms with van der Waals surface area (Å²) in [5.74, 6) is 1.43. The van der Waals surface area contributed by atoms with Gasteiger partial charge in [-0.05, 0) is 42.3 Å². The molecule has 0 radical (unpaired) electrons. The van der Waals surface area contributed by atoms with Crippen molar-refractivity contribution in [3.63, 3.8) is 0 Å². The summed E-state index contributed by atoms with van der Waals surface area (Å²) in [6.45, 7) is 2.01. The van der Waals surface area contributed by atoms with Gasteiger partial charge in [0.1, 0.15) is 11.5 Å². The van der Waals surface area contributed by atoms with E-state index in [1.54, 1.807) is 6.07 Å². The minimum Gasteiger partial charge on any atom is -0.457 e. The van der Waals surface area contributed by atoms with Crippen LogP contribution < -0.4 is 4.74 Å². The highest BCUT2D eigenvalue weighted by molar-refractivity contribution is 9.24. The van der Waals surface area contributed by atoms with Crippen LogP contribution in [0.25, 0.3) is 0 Å². The van der Waals surface area contributed by atoms with Crippen molar-refractivity contribution in [2.24, 2.45) is 0 Å². The smallest absolute Gasteiger partial charge is 0.128 e. The Morgan fingerprint density at radius 3 is 2.47 bits per heavy atom. The van der Waals surface area contributed by atoms with Gasteiger partial charge in [0.25, 0.3) is 0 Å². The second-order valence-corrected chi connectivity index (χ2v) is 7.14. The number of nitriles is 1. The summed E-state index contributed by atoms with van der Waals surface area (Å²) in [6.07, 6.45) is 0. The lowest BCUT2D eigenvalue weighted by Crippen LogP contribution is -1.91. The van der Waals surface area contributed by atoms with Crippen LogP contribution in [0.3, 0.4) is 0 Å². The Bertz CT molecular complexity index is 632. The molecule has 96 valence electrons. The van der Waals surface area contributed by atoms with E-state index < -0.39 is 0 Å². The van der Waals surface area contributed by atoms with Crippen molar-refractivity contribution in [2.75, 3.05) is 0 Å². The fraction of sp³-hybridized carbons (Fsp3) is 0.133. The number of hydrogen-bond acceptors (Lipinski definition) is 2. The molecule has 0 spiro atoms. The first-order chi connectivity index (χ1) is 9.10. The van der Waals surface area contributed by atoms with Crippen molar-refractivity contribution in [3.05, 3.63) is 59.2 Å². The fourth-order valence-corrected chi connectivity index (χ4v) is 2.50. The zero-order valence-corrected chi connectivity index (χ0v) is 13.4. The fourth-order valence-electron chi connectivity index (χ4n) is 1.70. The number of halogens is 2. The summed E-state index contributed by atoms with van der Waals surface area (Å²) in [5.41, 5.74) is 2.61. The Hall–Kier alpha value is -1.31. The van der Waals surface area contributed by atoms with Gasteiger partial charge < -0.3 is 4.74 Å². The lowest BCUT2D eigenvalue weighted by molar-refractivity contribution is 0.482. The van der Waals surface area contributed by atoms with Crippen molar-refractivity contribution < 1.29 is 4.74 Å². The summed E-state index contributed by atoms with van der Waals surface area (Å²) < 4.78 is 5.72. The molecule has 0 fully saturated rings. The zero-order valence-electron chi connectivity index (χ0n) is 10.2. The monoisotopic (exact) mass is 379 g/mol. The van der Waals surface area contributed by atoms with E-state index in [9.17, 15) is 0 Å². The highest BCUT2D eigenvalue weighted by atomic mass is 79.9. The molecule has 2 aromatic rings. The molecule has 0 saturated carbocycles. The largest absolute Gasteiger partial charge is 0.457 e. The number of benzene rings is 2. The maximum atomic E-state index is 9.15. The average molecular weight is 381 g/mol. The van der Waals surface area contributed by atoms with E-state index in [1.807, 2.05) is 43.3 Å². The van der Waals surface area contributed by atoms with Crippen LogP contribution in [0.1, 0.15) is 20.4 Å². The maximum absolute atomic E-state index is 9.15. The van der Waals surface area contributed by atoms with E-state index in [1.165, 1.54) is 0 Å². The molecule has 0 N–H and O–H groups in total. The van der Waals surface area contributed by atoms with Crippen LogP contribution in [0.4, 0.5) is 0 Å². The van der Waals surface area contributed by atoms with Crippen molar-refractivity contribution in [1.82, 2.24) is 0 Å². The zero-order chi connectivity index (χ0) is 13.8. The third kappa shape index (κ3) is 3.59. The second-order valence-electron chi connectivity index (χ2n) is 4.08. The summed E-state index contributed by atoms with van der Waals surface area (Å²) in [6, 6.07) is 15.4. The lowest BCUT2D eigenvalue weighted by Gasteiger charge is -2.09. The van der Waals surface area contributed by atoms with Gasteiger partial charge >= 0.3 is 0 Å². The van der Waals surface area contributed by atoms with Crippen LogP contribution in [-0.4, -0.2) is 0 Å². The molecular formula is C15H11Br2NO. The molecule has 0 aliphatic rings. The molecular weight excluding hydrogens is 370 g/mol. The molecule has 0 aliphatic heterocycles. The molecule has 2 nitrogen and oxygen atoms in total. The SMILES string of the molecule is Cc1cccc(Oc2ccc(C(Br)Br)c(C#N)c2)c1. The van der Waals surface area contributed by atoms with E-state index in [2.05, 4.69) is 37.9 Å². The van der Waals surface area contributed by atoms with Crippen LogP contribution >= 0.6 is 31.9 Å². The average Bonchev–Trinajstić information content (AvgIpc) is 2.38. The molecule has 0 amide bonds. The quantitative estimate of drug-likeness (QED) is 0.663. The summed E-state index contributed by atoms with van der Waals surface area (Å²) in [7, 11) is 0. The molecule has 0 aromatic heterocycles. The van der Waals surface area contributed by atoms with Crippen LogP contribution in [-0.2, 0) is 0 Å². The number of alkyl halides is 2. The van der Waals surface area contributed by atoms with E-state index in [-0.39, 0.29) is 3.74 Å². The summed E-state index contributed by atoms with van der Waals surface area (Å²) >= 11 is 6.80. The molecule has 0 bridgehead atoms. The first-order valence-electron chi connectivity index (χ1n) is 5.67. The van der Waals surface area contributed by atoms with Gasteiger partial charge in [-0.2, -0.15) is 5.26 Å². The Labute approximate surface area is 129 Å². The number of rotatable bonds is 3. The van der Waals surface area contributed by atoms with Crippen molar-refractivity contribution >= 4 is 31.9 Å².